The van der Waals surface area contributed by atoms with Crippen LogP contribution in [0.3, 0.4) is 0 Å². The molecule has 0 aliphatic heterocycles. The number of aromatic nitrogens is 3. The first kappa shape index (κ1) is 18.1. The van der Waals surface area contributed by atoms with Crippen LogP contribution in [-0.2, 0) is 11.2 Å². The lowest BCUT2D eigenvalue weighted by atomic mass is 10.0. The topological polar surface area (TPSA) is 50.5 Å². The zero-order valence-electron chi connectivity index (χ0n) is 16.2. The van der Waals surface area contributed by atoms with E-state index in [2.05, 4.69) is 29.1 Å². The minimum atomic E-state index is 0.0558. The summed E-state index contributed by atoms with van der Waals surface area (Å²) in [6.07, 6.45) is 1.13. The summed E-state index contributed by atoms with van der Waals surface area (Å²) in [4.78, 5) is 19.2. The third-order valence-corrected chi connectivity index (χ3v) is 5.13. The van der Waals surface area contributed by atoms with E-state index in [9.17, 15) is 4.79 Å². The Kier molecular flexibility index (Phi) is 5.07. The van der Waals surface area contributed by atoms with E-state index in [0.29, 0.717) is 12.8 Å². The number of rotatable bonds is 5. The summed E-state index contributed by atoms with van der Waals surface area (Å²) in [5.74, 6) is 0.136. The van der Waals surface area contributed by atoms with Crippen molar-refractivity contribution in [2.75, 3.05) is 7.05 Å². The van der Waals surface area contributed by atoms with Crippen molar-refractivity contribution in [1.29, 1.82) is 0 Å². The molecule has 2 aromatic heterocycles. The van der Waals surface area contributed by atoms with E-state index in [1.54, 1.807) is 0 Å². The van der Waals surface area contributed by atoms with Gasteiger partial charge in [-0.15, -0.1) is 0 Å². The molecule has 1 atom stereocenters. The lowest BCUT2D eigenvalue weighted by molar-refractivity contribution is -0.131. The smallest absolute Gasteiger partial charge is 0.223 e. The summed E-state index contributed by atoms with van der Waals surface area (Å²) in [6, 6.07) is 12.1. The maximum absolute atomic E-state index is 12.7. The van der Waals surface area contributed by atoms with Gasteiger partial charge in [-0.05, 0) is 45.2 Å². The lowest BCUT2D eigenvalue weighted by Crippen LogP contribution is -2.30. The Labute approximate surface area is 154 Å². The minimum Gasteiger partial charge on any atom is -0.339 e. The van der Waals surface area contributed by atoms with E-state index in [4.69, 9.17) is 0 Å². The van der Waals surface area contributed by atoms with Crippen LogP contribution in [0.15, 0.2) is 36.4 Å². The highest BCUT2D eigenvalue weighted by Gasteiger charge is 2.18. The number of hydrogen-bond donors (Lipinski definition) is 0. The van der Waals surface area contributed by atoms with E-state index in [0.717, 1.165) is 33.9 Å². The van der Waals surface area contributed by atoms with Crippen molar-refractivity contribution in [2.45, 2.75) is 46.6 Å². The predicted molar refractivity (Wildman–Crippen MR) is 103 cm³/mol. The Balaban J connectivity index is 1.74. The van der Waals surface area contributed by atoms with Gasteiger partial charge in [-0.1, -0.05) is 30.3 Å². The summed E-state index contributed by atoms with van der Waals surface area (Å²) < 4.78 is 1.87. The van der Waals surface area contributed by atoms with Crippen LogP contribution < -0.4 is 0 Å². The second kappa shape index (κ2) is 7.28. The fourth-order valence-electron chi connectivity index (χ4n) is 3.38. The Morgan fingerprint density at radius 2 is 1.88 bits per heavy atom. The van der Waals surface area contributed by atoms with E-state index < -0.39 is 0 Å². The number of carbonyl (C=O) groups excluding carboxylic acids is 1. The van der Waals surface area contributed by atoms with Gasteiger partial charge in [0.2, 0.25) is 5.91 Å². The standard InChI is InChI=1S/C21H26N4O/c1-14-13-20-22-15(2)19(17(4)25(20)23-14)11-12-21(26)24(5)16(3)18-9-7-6-8-10-18/h6-10,13,16H,11-12H2,1-5H3/t16-/m1/s1. The molecule has 5 nitrogen and oxygen atoms in total. The molecule has 0 bridgehead atoms. The number of benzene rings is 1. The predicted octanol–water partition coefficient (Wildman–Crippen LogP) is 3.81. The maximum atomic E-state index is 12.7. The molecule has 136 valence electrons. The van der Waals surface area contributed by atoms with Crippen LogP contribution in [0.5, 0.6) is 0 Å². The first-order chi connectivity index (χ1) is 12.4. The third-order valence-electron chi connectivity index (χ3n) is 5.13. The van der Waals surface area contributed by atoms with Crippen LogP contribution >= 0.6 is 0 Å². The molecule has 3 aromatic rings. The molecule has 0 saturated heterocycles. The van der Waals surface area contributed by atoms with E-state index >= 15 is 0 Å². The van der Waals surface area contributed by atoms with Gasteiger partial charge in [0.15, 0.2) is 5.65 Å². The number of carbonyl (C=O) groups is 1. The van der Waals surface area contributed by atoms with Gasteiger partial charge in [0, 0.05) is 30.9 Å². The van der Waals surface area contributed by atoms with Gasteiger partial charge < -0.3 is 4.90 Å². The molecule has 26 heavy (non-hydrogen) atoms. The van der Waals surface area contributed by atoms with Crippen molar-refractivity contribution in [3.8, 4) is 0 Å². The SMILES string of the molecule is Cc1cc2nc(C)c(CCC(=O)N(C)[C@H](C)c3ccccc3)c(C)n2n1. The van der Waals surface area contributed by atoms with Crippen molar-refractivity contribution in [3.63, 3.8) is 0 Å². The Morgan fingerprint density at radius 1 is 1.19 bits per heavy atom. The first-order valence-corrected chi connectivity index (χ1v) is 9.01. The molecule has 0 radical (unpaired) electrons. The van der Waals surface area contributed by atoms with Crippen molar-refractivity contribution in [1.82, 2.24) is 19.5 Å². The molecule has 0 spiro atoms. The Bertz CT molecular complexity index is 930. The molecule has 3 rings (SSSR count). The van der Waals surface area contributed by atoms with Gasteiger partial charge >= 0.3 is 0 Å². The minimum absolute atomic E-state index is 0.0558. The van der Waals surface area contributed by atoms with Gasteiger partial charge in [-0.2, -0.15) is 5.10 Å². The molecule has 0 saturated carbocycles. The molecule has 0 N–H and O–H groups in total. The van der Waals surface area contributed by atoms with Crippen LogP contribution in [0.25, 0.3) is 5.65 Å². The number of amides is 1. The highest BCUT2D eigenvalue weighted by molar-refractivity contribution is 5.76. The van der Waals surface area contributed by atoms with Crippen molar-refractivity contribution < 1.29 is 4.79 Å². The Hall–Kier alpha value is -2.69. The largest absolute Gasteiger partial charge is 0.339 e. The molecule has 5 heteroatoms. The molecule has 0 aliphatic rings. The van der Waals surface area contributed by atoms with Crippen LogP contribution in [-0.4, -0.2) is 32.5 Å². The molecule has 1 amide bonds. The fourth-order valence-corrected chi connectivity index (χ4v) is 3.38. The number of fused-ring (bicyclic) bond motifs is 1. The normalized spacial score (nSPS) is 12.3. The summed E-state index contributed by atoms with van der Waals surface area (Å²) in [7, 11) is 1.87. The van der Waals surface area contributed by atoms with Crippen molar-refractivity contribution >= 4 is 11.6 Å². The van der Waals surface area contributed by atoms with Gasteiger partial charge in [0.25, 0.3) is 0 Å². The number of hydrogen-bond acceptors (Lipinski definition) is 3. The van der Waals surface area contributed by atoms with Crippen LogP contribution in [0.4, 0.5) is 0 Å². The lowest BCUT2D eigenvalue weighted by Gasteiger charge is -2.25. The summed E-state index contributed by atoms with van der Waals surface area (Å²) in [6.45, 7) is 8.08. The zero-order chi connectivity index (χ0) is 18.8. The van der Waals surface area contributed by atoms with Crippen molar-refractivity contribution in [3.05, 3.63) is 64.6 Å². The second-order valence-electron chi connectivity index (χ2n) is 6.91. The second-order valence-corrected chi connectivity index (χ2v) is 6.91. The molecule has 0 fully saturated rings. The summed E-state index contributed by atoms with van der Waals surface area (Å²) in [5, 5.41) is 4.50. The number of nitrogens with zero attached hydrogens (tertiary/aromatic N) is 4. The Morgan fingerprint density at radius 3 is 2.58 bits per heavy atom. The van der Waals surface area contributed by atoms with Gasteiger partial charge in [0.05, 0.1) is 11.7 Å². The van der Waals surface area contributed by atoms with Crippen LogP contribution in [0.1, 0.15) is 47.6 Å². The summed E-state index contributed by atoms with van der Waals surface area (Å²) >= 11 is 0. The quantitative estimate of drug-likeness (QED) is 0.703. The maximum Gasteiger partial charge on any atom is 0.223 e. The molecular weight excluding hydrogens is 324 g/mol. The van der Waals surface area contributed by atoms with E-state index in [1.165, 1.54) is 0 Å². The van der Waals surface area contributed by atoms with Crippen LogP contribution in [0.2, 0.25) is 0 Å². The van der Waals surface area contributed by atoms with Gasteiger partial charge in [-0.25, -0.2) is 9.50 Å². The summed E-state index contributed by atoms with van der Waals surface area (Å²) in [5.41, 5.74) is 6.10. The molecule has 1 aromatic carbocycles. The van der Waals surface area contributed by atoms with E-state index in [-0.39, 0.29) is 11.9 Å². The fraction of sp³-hybridized carbons (Fsp3) is 0.381. The highest BCUT2D eigenvalue weighted by atomic mass is 16.2. The van der Waals surface area contributed by atoms with Crippen molar-refractivity contribution in [2.24, 2.45) is 0 Å². The molecular formula is C21H26N4O. The zero-order valence-corrected chi connectivity index (χ0v) is 16.2. The van der Waals surface area contributed by atoms with E-state index in [1.807, 2.05) is 61.5 Å². The van der Waals surface area contributed by atoms with Crippen LogP contribution in [0, 0.1) is 20.8 Å². The molecule has 2 heterocycles. The van der Waals surface area contributed by atoms with Gasteiger partial charge in [-0.3, -0.25) is 4.79 Å². The first-order valence-electron chi connectivity index (χ1n) is 9.01. The number of aryl methyl sites for hydroxylation is 3. The monoisotopic (exact) mass is 350 g/mol. The van der Waals surface area contributed by atoms with Gasteiger partial charge in [0.1, 0.15) is 0 Å². The average Bonchev–Trinajstić information content (AvgIpc) is 3.01. The average molecular weight is 350 g/mol. The highest BCUT2D eigenvalue weighted by Crippen LogP contribution is 2.21. The third kappa shape index (κ3) is 3.47. The molecule has 0 aliphatic carbocycles. The molecule has 0 unspecified atom stereocenters.